The Kier molecular flexibility index (Phi) is 3.84. The van der Waals surface area contributed by atoms with E-state index in [4.69, 9.17) is 0 Å². The average Bonchev–Trinajstić information content (AvgIpc) is 2.38. The molecule has 0 bridgehead atoms. The van der Waals surface area contributed by atoms with Crippen molar-refractivity contribution in [2.24, 2.45) is 0 Å². The van der Waals surface area contributed by atoms with Gasteiger partial charge in [-0.05, 0) is 25.1 Å². The summed E-state index contributed by atoms with van der Waals surface area (Å²) in [4.78, 5) is 23.1. The normalized spacial score (nSPS) is 10.6. The number of nitrogens with zero attached hydrogens (tertiary/aromatic N) is 2. The first-order chi connectivity index (χ1) is 8.72. The summed E-state index contributed by atoms with van der Waals surface area (Å²) in [6.07, 6.45) is 3.29. The fraction of sp³-hybridized carbons (Fsp3) is 0.308. The predicted molar refractivity (Wildman–Crippen MR) is 70.2 cm³/mol. The lowest BCUT2D eigenvalue weighted by atomic mass is 10.2. The van der Waals surface area contributed by atoms with Crippen molar-refractivity contribution in [3.63, 3.8) is 0 Å². The summed E-state index contributed by atoms with van der Waals surface area (Å²) in [6.45, 7) is 5.28. The SMILES string of the molecule is CCNCc1cnc(-c2ncccc2C)[nH]c1=O. The molecule has 94 valence electrons. The van der Waals surface area contributed by atoms with Gasteiger partial charge in [-0.3, -0.25) is 9.78 Å². The van der Waals surface area contributed by atoms with Gasteiger partial charge in [0.25, 0.3) is 5.56 Å². The predicted octanol–water partition coefficient (Wildman–Crippen LogP) is 1.25. The first-order valence-electron chi connectivity index (χ1n) is 5.93. The maximum absolute atomic E-state index is 11.9. The monoisotopic (exact) mass is 244 g/mol. The molecule has 0 radical (unpaired) electrons. The third kappa shape index (κ3) is 2.62. The van der Waals surface area contributed by atoms with E-state index in [0.717, 1.165) is 12.1 Å². The maximum Gasteiger partial charge on any atom is 0.255 e. The van der Waals surface area contributed by atoms with E-state index in [1.165, 1.54) is 0 Å². The maximum atomic E-state index is 11.9. The minimum absolute atomic E-state index is 0.119. The average molecular weight is 244 g/mol. The van der Waals surface area contributed by atoms with Gasteiger partial charge in [0, 0.05) is 24.5 Å². The topological polar surface area (TPSA) is 70.7 Å². The molecule has 2 aromatic heterocycles. The molecule has 0 spiro atoms. The molecule has 0 aliphatic heterocycles. The Morgan fingerprint density at radius 1 is 1.39 bits per heavy atom. The minimum atomic E-state index is -0.119. The van der Waals surface area contributed by atoms with Crippen molar-refractivity contribution in [3.8, 4) is 11.5 Å². The van der Waals surface area contributed by atoms with Gasteiger partial charge < -0.3 is 10.3 Å². The van der Waals surface area contributed by atoms with Gasteiger partial charge in [0.1, 0.15) is 5.69 Å². The van der Waals surface area contributed by atoms with E-state index in [0.29, 0.717) is 23.6 Å². The van der Waals surface area contributed by atoms with Crippen molar-refractivity contribution in [1.29, 1.82) is 0 Å². The highest BCUT2D eigenvalue weighted by Gasteiger charge is 2.07. The van der Waals surface area contributed by atoms with Crippen LogP contribution in [-0.4, -0.2) is 21.5 Å². The molecule has 2 heterocycles. The number of aryl methyl sites for hydroxylation is 1. The summed E-state index contributed by atoms with van der Waals surface area (Å²) in [5.41, 5.74) is 2.21. The van der Waals surface area contributed by atoms with Crippen LogP contribution in [0.4, 0.5) is 0 Å². The quantitative estimate of drug-likeness (QED) is 0.849. The van der Waals surface area contributed by atoms with Crippen molar-refractivity contribution < 1.29 is 0 Å². The van der Waals surface area contributed by atoms with Gasteiger partial charge in [-0.25, -0.2) is 4.98 Å². The third-order valence-corrected chi connectivity index (χ3v) is 2.67. The summed E-state index contributed by atoms with van der Waals surface area (Å²) < 4.78 is 0. The molecule has 0 aliphatic rings. The first-order valence-corrected chi connectivity index (χ1v) is 5.93. The number of H-pyrrole nitrogens is 1. The van der Waals surface area contributed by atoms with Crippen LogP contribution in [0.1, 0.15) is 18.1 Å². The second kappa shape index (κ2) is 5.55. The smallest absolute Gasteiger partial charge is 0.255 e. The standard InChI is InChI=1S/C13H16N4O/c1-3-14-7-10-8-16-12(17-13(10)18)11-9(2)5-4-6-15-11/h4-6,8,14H,3,7H2,1-2H3,(H,16,17,18). The van der Waals surface area contributed by atoms with Crippen molar-refractivity contribution in [2.75, 3.05) is 6.54 Å². The van der Waals surface area contributed by atoms with Crippen molar-refractivity contribution in [3.05, 3.63) is 46.0 Å². The van der Waals surface area contributed by atoms with E-state index in [9.17, 15) is 4.79 Å². The van der Waals surface area contributed by atoms with Gasteiger partial charge in [0.2, 0.25) is 0 Å². The zero-order valence-electron chi connectivity index (χ0n) is 10.5. The Morgan fingerprint density at radius 3 is 2.89 bits per heavy atom. The summed E-state index contributed by atoms with van der Waals surface area (Å²) in [5, 5.41) is 3.10. The molecule has 2 N–H and O–H groups in total. The van der Waals surface area contributed by atoms with E-state index in [2.05, 4.69) is 20.3 Å². The highest BCUT2D eigenvalue weighted by molar-refractivity contribution is 5.53. The fourth-order valence-electron chi connectivity index (χ4n) is 1.66. The summed E-state index contributed by atoms with van der Waals surface area (Å²) in [6, 6.07) is 3.80. The second-order valence-electron chi connectivity index (χ2n) is 4.04. The van der Waals surface area contributed by atoms with Crippen LogP contribution in [0.5, 0.6) is 0 Å². The molecule has 0 aliphatic carbocycles. The highest BCUT2D eigenvalue weighted by atomic mass is 16.1. The molecule has 0 saturated heterocycles. The molecule has 0 unspecified atom stereocenters. The lowest BCUT2D eigenvalue weighted by Crippen LogP contribution is -2.21. The van der Waals surface area contributed by atoms with Gasteiger partial charge in [0.05, 0.1) is 0 Å². The Labute approximate surface area is 105 Å². The molecular formula is C13H16N4O. The van der Waals surface area contributed by atoms with E-state index in [1.807, 2.05) is 26.0 Å². The summed E-state index contributed by atoms with van der Waals surface area (Å²) in [5.74, 6) is 0.512. The van der Waals surface area contributed by atoms with Gasteiger partial charge in [0.15, 0.2) is 5.82 Å². The van der Waals surface area contributed by atoms with E-state index in [-0.39, 0.29) is 5.56 Å². The Morgan fingerprint density at radius 2 is 2.22 bits per heavy atom. The van der Waals surface area contributed by atoms with Crippen LogP contribution >= 0.6 is 0 Å². The van der Waals surface area contributed by atoms with Crippen LogP contribution in [0.3, 0.4) is 0 Å². The Balaban J connectivity index is 2.35. The zero-order valence-corrected chi connectivity index (χ0v) is 10.5. The molecule has 0 saturated carbocycles. The van der Waals surface area contributed by atoms with E-state index < -0.39 is 0 Å². The van der Waals surface area contributed by atoms with Gasteiger partial charge in [-0.15, -0.1) is 0 Å². The largest absolute Gasteiger partial charge is 0.313 e. The van der Waals surface area contributed by atoms with E-state index in [1.54, 1.807) is 12.4 Å². The molecule has 2 aromatic rings. The second-order valence-corrected chi connectivity index (χ2v) is 4.04. The number of pyridine rings is 1. The number of nitrogens with one attached hydrogen (secondary N) is 2. The van der Waals surface area contributed by atoms with Crippen molar-refractivity contribution in [1.82, 2.24) is 20.3 Å². The lowest BCUT2D eigenvalue weighted by Gasteiger charge is -2.05. The molecule has 0 amide bonds. The summed E-state index contributed by atoms with van der Waals surface area (Å²) in [7, 11) is 0. The lowest BCUT2D eigenvalue weighted by molar-refractivity contribution is 0.716. The molecule has 5 nitrogen and oxygen atoms in total. The third-order valence-electron chi connectivity index (χ3n) is 2.67. The minimum Gasteiger partial charge on any atom is -0.313 e. The summed E-state index contributed by atoms with van der Waals surface area (Å²) >= 11 is 0. The fourth-order valence-corrected chi connectivity index (χ4v) is 1.66. The van der Waals surface area contributed by atoms with Gasteiger partial charge >= 0.3 is 0 Å². The van der Waals surface area contributed by atoms with Crippen LogP contribution in [-0.2, 0) is 6.54 Å². The Hall–Kier alpha value is -2.01. The van der Waals surface area contributed by atoms with Gasteiger partial charge in [-0.2, -0.15) is 0 Å². The van der Waals surface area contributed by atoms with Crippen LogP contribution in [0.2, 0.25) is 0 Å². The molecule has 18 heavy (non-hydrogen) atoms. The highest BCUT2D eigenvalue weighted by Crippen LogP contribution is 2.14. The number of rotatable bonds is 4. The molecule has 5 heteroatoms. The molecule has 2 rings (SSSR count). The van der Waals surface area contributed by atoms with Crippen LogP contribution in [0, 0.1) is 6.92 Å². The first kappa shape index (κ1) is 12.4. The number of aromatic nitrogens is 3. The number of hydrogen-bond donors (Lipinski definition) is 2. The zero-order chi connectivity index (χ0) is 13.0. The molecule has 0 atom stereocenters. The van der Waals surface area contributed by atoms with Crippen LogP contribution in [0.25, 0.3) is 11.5 Å². The number of aromatic amines is 1. The van der Waals surface area contributed by atoms with E-state index >= 15 is 0 Å². The molecule has 0 aromatic carbocycles. The van der Waals surface area contributed by atoms with Gasteiger partial charge in [-0.1, -0.05) is 13.0 Å². The Bertz CT molecular complexity index is 592. The van der Waals surface area contributed by atoms with Crippen molar-refractivity contribution >= 4 is 0 Å². The molecular weight excluding hydrogens is 228 g/mol. The number of hydrogen-bond acceptors (Lipinski definition) is 4. The molecule has 0 fully saturated rings. The van der Waals surface area contributed by atoms with Crippen molar-refractivity contribution in [2.45, 2.75) is 20.4 Å². The van der Waals surface area contributed by atoms with Crippen LogP contribution < -0.4 is 10.9 Å². The van der Waals surface area contributed by atoms with Crippen LogP contribution in [0.15, 0.2) is 29.3 Å².